The first kappa shape index (κ1) is 17.0. The Balaban J connectivity index is 1.36. The first-order chi connectivity index (χ1) is 13.2. The molecule has 0 saturated carbocycles. The maximum absolute atomic E-state index is 13.1. The third-order valence-electron chi connectivity index (χ3n) is 5.80. The Labute approximate surface area is 162 Å². The van der Waals surface area contributed by atoms with E-state index in [-0.39, 0.29) is 5.56 Å². The number of nitrogens with one attached hydrogen (secondary N) is 1. The predicted octanol–water partition coefficient (Wildman–Crippen LogP) is 2.19. The van der Waals surface area contributed by atoms with Crippen molar-refractivity contribution in [3.63, 3.8) is 0 Å². The fourth-order valence-electron chi connectivity index (χ4n) is 4.54. The maximum Gasteiger partial charge on any atom is 0.255 e. The Hall–Kier alpha value is -2.09. The van der Waals surface area contributed by atoms with Gasteiger partial charge in [0.2, 0.25) is 0 Å². The van der Waals surface area contributed by atoms with Gasteiger partial charge in [-0.05, 0) is 49.7 Å². The molecule has 1 saturated heterocycles. The molecule has 140 valence electrons. The van der Waals surface area contributed by atoms with E-state index in [1.165, 1.54) is 29.4 Å². The van der Waals surface area contributed by atoms with Gasteiger partial charge in [0.1, 0.15) is 11.0 Å². The zero-order valence-electron chi connectivity index (χ0n) is 15.4. The van der Waals surface area contributed by atoms with Crippen molar-refractivity contribution >= 4 is 22.8 Å². The van der Waals surface area contributed by atoms with Crippen LogP contribution < -0.4 is 10.9 Å². The topological polar surface area (TPSA) is 63.1 Å². The van der Waals surface area contributed by atoms with Crippen LogP contribution in [0.4, 0.5) is 0 Å². The number of pyridine rings is 1. The highest BCUT2D eigenvalue weighted by Gasteiger charge is 2.31. The molecule has 0 radical (unpaired) electrons. The van der Waals surface area contributed by atoms with E-state index in [9.17, 15) is 4.79 Å². The molecule has 6 nitrogen and oxygen atoms in total. The molecule has 2 aromatic heterocycles. The van der Waals surface area contributed by atoms with E-state index in [2.05, 4.69) is 44.2 Å². The van der Waals surface area contributed by atoms with Gasteiger partial charge in [-0.1, -0.05) is 12.1 Å². The molecule has 0 amide bonds. The Morgan fingerprint density at radius 1 is 1.19 bits per heavy atom. The van der Waals surface area contributed by atoms with Crippen molar-refractivity contribution in [3.05, 3.63) is 57.5 Å². The number of aromatic nitrogens is 3. The summed E-state index contributed by atoms with van der Waals surface area (Å²) in [6.45, 7) is 4.30. The maximum atomic E-state index is 13.1. The molecular weight excluding hydrogens is 358 g/mol. The largest absolute Gasteiger partial charge is 0.316 e. The summed E-state index contributed by atoms with van der Waals surface area (Å²) in [6, 6.07) is 10.4. The van der Waals surface area contributed by atoms with Crippen molar-refractivity contribution < 1.29 is 0 Å². The first-order valence-corrected chi connectivity index (χ1v) is 10.2. The van der Waals surface area contributed by atoms with Crippen LogP contribution in [0.5, 0.6) is 0 Å². The van der Waals surface area contributed by atoms with Gasteiger partial charge in [-0.2, -0.15) is 8.75 Å². The smallest absolute Gasteiger partial charge is 0.255 e. The standard InChI is InChI=1S/C20H23N5OS/c1-24(10-13-2-4-17-18(7-13)23-27-22-17)12-15-3-5-19-16-6-14(8-21-9-16)11-25(19)20(15)26/h2-5,7,14,16,21H,6,8-12H2,1H3/t14-,16+/m0/s1. The minimum atomic E-state index is 0.190. The van der Waals surface area contributed by atoms with Gasteiger partial charge in [-0.3, -0.25) is 9.69 Å². The van der Waals surface area contributed by atoms with E-state index in [1.807, 2.05) is 16.7 Å². The van der Waals surface area contributed by atoms with Crippen LogP contribution in [-0.4, -0.2) is 38.4 Å². The number of benzene rings is 1. The normalized spacial score (nSPS) is 21.6. The van der Waals surface area contributed by atoms with Gasteiger partial charge < -0.3 is 9.88 Å². The minimum Gasteiger partial charge on any atom is -0.316 e. The monoisotopic (exact) mass is 381 g/mol. The second-order valence-electron chi connectivity index (χ2n) is 7.92. The molecule has 7 heteroatoms. The van der Waals surface area contributed by atoms with Gasteiger partial charge in [-0.25, -0.2) is 0 Å². The van der Waals surface area contributed by atoms with Crippen LogP contribution >= 0.6 is 11.7 Å². The highest BCUT2D eigenvalue weighted by molar-refractivity contribution is 7.00. The summed E-state index contributed by atoms with van der Waals surface area (Å²) < 4.78 is 10.6. The van der Waals surface area contributed by atoms with Crippen molar-refractivity contribution in [1.82, 2.24) is 23.5 Å². The Kier molecular flexibility index (Phi) is 4.30. The molecule has 2 bridgehead atoms. The first-order valence-electron chi connectivity index (χ1n) is 9.50. The SMILES string of the molecule is CN(Cc1ccc2nsnc2c1)Cc1ccc2n(c1=O)C[C@@H]1CNC[C@H]2C1. The molecule has 1 fully saturated rings. The molecule has 0 unspecified atom stereocenters. The molecule has 27 heavy (non-hydrogen) atoms. The van der Waals surface area contributed by atoms with Gasteiger partial charge in [0.15, 0.2) is 0 Å². The van der Waals surface area contributed by atoms with E-state index in [0.717, 1.165) is 42.8 Å². The summed E-state index contributed by atoms with van der Waals surface area (Å²) >= 11 is 1.24. The van der Waals surface area contributed by atoms with Gasteiger partial charge in [0.05, 0.1) is 11.7 Å². The van der Waals surface area contributed by atoms with Crippen LogP contribution in [-0.2, 0) is 19.6 Å². The molecule has 1 N–H and O–H groups in total. The molecule has 2 atom stereocenters. The number of nitrogens with zero attached hydrogens (tertiary/aromatic N) is 4. The summed E-state index contributed by atoms with van der Waals surface area (Å²) in [5, 5.41) is 3.50. The van der Waals surface area contributed by atoms with Crippen molar-refractivity contribution in [2.45, 2.75) is 32.0 Å². The number of fused-ring (bicyclic) bond motifs is 5. The van der Waals surface area contributed by atoms with Gasteiger partial charge in [0.25, 0.3) is 5.56 Å². The van der Waals surface area contributed by atoms with E-state index < -0.39 is 0 Å². The number of hydrogen-bond donors (Lipinski definition) is 1. The predicted molar refractivity (Wildman–Crippen MR) is 107 cm³/mol. The highest BCUT2D eigenvalue weighted by Crippen LogP contribution is 2.31. The van der Waals surface area contributed by atoms with Crippen LogP contribution in [0.15, 0.2) is 35.1 Å². The third kappa shape index (κ3) is 3.20. The fraction of sp³-hybridized carbons (Fsp3) is 0.450. The molecular formula is C20H23N5OS. The fourth-order valence-corrected chi connectivity index (χ4v) is 5.06. The Bertz CT molecular complexity index is 1040. The lowest BCUT2D eigenvalue weighted by atomic mass is 9.84. The van der Waals surface area contributed by atoms with E-state index in [4.69, 9.17) is 0 Å². The summed E-state index contributed by atoms with van der Waals surface area (Å²) in [4.78, 5) is 15.3. The average molecular weight is 382 g/mol. The third-order valence-corrected chi connectivity index (χ3v) is 6.36. The molecule has 4 heterocycles. The molecule has 3 aromatic rings. The lowest BCUT2D eigenvalue weighted by Crippen LogP contribution is -2.45. The lowest BCUT2D eigenvalue weighted by Gasteiger charge is -2.37. The molecule has 2 aliphatic heterocycles. The quantitative estimate of drug-likeness (QED) is 0.751. The van der Waals surface area contributed by atoms with E-state index >= 15 is 0 Å². The van der Waals surface area contributed by atoms with Crippen LogP contribution in [0.3, 0.4) is 0 Å². The molecule has 1 aromatic carbocycles. The number of piperidine rings is 1. The Morgan fingerprint density at radius 2 is 2.07 bits per heavy atom. The van der Waals surface area contributed by atoms with Crippen molar-refractivity contribution in [2.75, 3.05) is 20.1 Å². The van der Waals surface area contributed by atoms with E-state index in [0.29, 0.717) is 18.4 Å². The van der Waals surface area contributed by atoms with Crippen molar-refractivity contribution in [1.29, 1.82) is 0 Å². The van der Waals surface area contributed by atoms with Crippen LogP contribution in [0, 0.1) is 5.92 Å². The van der Waals surface area contributed by atoms with Crippen molar-refractivity contribution in [2.24, 2.45) is 5.92 Å². The van der Waals surface area contributed by atoms with E-state index in [1.54, 1.807) is 0 Å². The van der Waals surface area contributed by atoms with Crippen LogP contribution in [0.1, 0.15) is 29.2 Å². The molecule has 0 spiro atoms. The van der Waals surface area contributed by atoms with Gasteiger partial charge in [0, 0.05) is 43.4 Å². The summed E-state index contributed by atoms with van der Waals surface area (Å²) in [7, 11) is 2.06. The lowest BCUT2D eigenvalue weighted by molar-refractivity contribution is 0.254. The number of rotatable bonds is 4. The van der Waals surface area contributed by atoms with Gasteiger partial charge >= 0.3 is 0 Å². The Morgan fingerprint density at radius 3 is 3.00 bits per heavy atom. The average Bonchev–Trinajstić information content (AvgIpc) is 3.12. The summed E-state index contributed by atoms with van der Waals surface area (Å²) in [5.74, 6) is 1.07. The van der Waals surface area contributed by atoms with Gasteiger partial charge in [-0.15, -0.1) is 0 Å². The van der Waals surface area contributed by atoms with Crippen LogP contribution in [0.2, 0.25) is 0 Å². The second-order valence-corrected chi connectivity index (χ2v) is 8.44. The zero-order chi connectivity index (χ0) is 18.4. The molecule has 5 rings (SSSR count). The molecule has 0 aliphatic carbocycles. The molecule has 2 aliphatic rings. The summed E-state index contributed by atoms with van der Waals surface area (Å²) in [5.41, 5.74) is 5.35. The van der Waals surface area contributed by atoms with Crippen molar-refractivity contribution in [3.8, 4) is 0 Å². The number of hydrogen-bond acceptors (Lipinski definition) is 6. The summed E-state index contributed by atoms with van der Waals surface area (Å²) in [6.07, 6.45) is 1.21. The highest BCUT2D eigenvalue weighted by atomic mass is 32.1. The second kappa shape index (κ2) is 6.82. The minimum absolute atomic E-state index is 0.190. The van der Waals surface area contributed by atoms with Crippen LogP contribution in [0.25, 0.3) is 11.0 Å². The zero-order valence-corrected chi connectivity index (χ0v) is 16.2.